The number of hydrogen-bond acceptors (Lipinski definition) is 3. The zero-order valence-corrected chi connectivity index (χ0v) is 12.4. The van der Waals surface area contributed by atoms with Gasteiger partial charge in [-0.25, -0.2) is 4.79 Å². The van der Waals surface area contributed by atoms with Gasteiger partial charge in [-0.15, -0.1) is 0 Å². The van der Waals surface area contributed by atoms with Gasteiger partial charge in [0.1, 0.15) is 11.8 Å². The maximum absolute atomic E-state index is 11.9. The molecule has 1 aromatic carbocycles. The standard InChI is InChI=1S/C14H16BrNO4/c15-7-10-6-13(18)16(8-10)12(14(19)20)5-9-2-1-3-11(17)4-9/h1-4,10,12,17H,5-8H2,(H,19,20)/t10?,12-/m0/s1. The highest BCUT2D eigenvalue weighted by Crippen LogP contribution is 2.24. The molecule has 6 heteroatoms. The average molecular weight is 342 g/mol. The number of phenols is 1. The van der Waals surface area contributed by atoms with Crippen LogP contribution in [0.4, 0.5) is 0 Å². The van der Waals surface area contributed by atoms with Crippen LogP contribution in [0, 0.1) is 5.92 Å². The lowest BCUT2D eigenvalue weighted by molar-refractivity contribution is -0.148. The summed E-state index contributed by atoms with van der Waals surface area (Å²) in [7, 11) is 0. The summed E-state index contributed by atoms with van der Waals surface area (Å²) < 4.78 is 0. The van der Waals surface area contributed by atoms with Crippen LogP contribution in [0.25, 0.3) is 0 Å². The molecule has 0 saturated carbocycles. The Morgan fingerprint density at radius 1 is 1.50 bits per heavy atom. The largest absolute Gasteiger partial charge is 0.508 e. The van der Waals surface area contributed by atoms with Crippen molar-refractivity contribution in [3.63, 3.8) is 0 Å². The topological polar surface area (TPSA) is 77.8 Å². The second-order valence-electron chi connectivity index (χ2n) is 5.00. The number of halogens is 1. The Bertz CT molecular complexity index is 520. The number of rotatable bonds is 5. The van der Waals surface area contributed by atoms with Crippen molar-refractivity contribution in [1.82, 2.24) is 4.90 Å². The molecule has 1 fully saturated rings. The third-order valence-electron chi connectivity index (χ3n) is 3.46. The molecule has 20 heavy (non-hydrogen) atoms. The van der Waals surface area contributed by atoms with Crippen LogP contribution in [-0.4, -0.2) is 44.9 Å². The first-order valence-corrected chi connectivity index (χ1v) is 7.49. The zero-order chi connectivity index (χ0) is 14.7. The van der Waals surface area contributed by atoms with Gasteiger partial charge >= 0.3 is 5.97 Å². The lowest BCUT2D eigenvalue weighted by Gasteiger charge is -2.24. The van der Waals surface area contributed by atoms with E-state index in [1.165, 1.54) is 17.0 Å². The number of nitrogens with zero attached hydrogens (tertiary/aromatic N) is 1. The number of carbonyl (C=O) groups is 2. The van der Waals surface area contributed by atoms with Crippen LogP contribution in [0.3, 0.4) is 0 Å². The molecule has 2 rings (SSSR count). The number of hydrogen-bond donors (Lipinski definition) is 2. The van der Waals surface area contributed by atoms with Crippen LogP contribution in [-0.2, 0) is 16.0 Å². The molecule has 1 amide bonds. The van der Waals surface area contributed by atoms with Crippen molar-refractivity contribution in [3.8, 4) is 5.75 Å². The molecule has 1 unspecified atom stereocenters. The highest BCUT2D eigenvalue weighted by Gasteiger charge is 2.37. The summed E-state index contributed by atoms with van der Waals surface area (Å²) in [6.45, 7) is 0.458. The van der Waals surface area contributed by atoms with Gasteiger partial charge in [0.15, 0.2) is 0 Å². The van der Waals surface area contributed by atoms with Crippen LogP contribution in [0.1, 0.15) is 12.0 Å². The zero-order valence-electron chi connectivity index (χ0n) is 10.8. The normalized spacial score (nSPS) is 20.1. The first-order chi connectivity index (χ1) is 9.51. The number of benzene rings is 1. The molecule has 1 saturated heterocycles. The molecular weight excluding hydrogens is 326 g/mol. The molecule has 0 spiro atoms. The fourth-order valence-corrected chi connectivity index (χ4v) is 2.88. The fourth-order valence-electron chi connectivity index (χ4n) is 2.45. The van der Waals surface area contributed by atoms with E-state index in [1.807, 2.05) is 0 Å². The fraction of sp³-hybridized carbons (Fsp3) is 0.429. The third kappa shape index (κ3) is 3.30. The number of aliphatic carboxylic acids is 1. The minimum Gasteiger partial charge on any atom is -0.508 e. The van der Waals surface area contributed by atoms with Crippen molar-refractivity contribution in [2.45, 2.75) is 18.9 Å². The van der Waals surface area contributed by atoms with E-state index in [0.717, 1.165) is 0 Å². The van der Waals surface area contributed by atoms with Crippen LogP contribution in [0.15, 0.2) is 24.3 Å². The third-order valence-corrected chi connectivity index (χ3v) is 4.37. The summed E-state index contributed by atoms with van der Waals surface area (Å²) in [5.41, 5.74) is 0.701. The van der Waals surface area contributed by atoms with E-state index in [-0.39, 0.29) is 24.0 Å². The summed E-state index contributed by atoms with van der Waals surface area (Å²) in [5.74, 6) is -0.884. The van der Waals surface area contributed by atoms with E-state index >= 15 is 0 Å². The molecule has 1 heterocycles. The van der Waals surface area contributed by atoms with E-state index in [9.17, 15) is 19.8 Å². The van der Waals surface area contributed by atoms with E-state index in [0.29, 0.717) is 23.9 Å². The lowest BCUT2D eigenvalue weighted by atomic mass is 10.0. The first kappa shape index (κ1) is 14.8. The van der Waals surface area contributed by atoms with E-state index in [4.69, 9.17) is 0 Å². The number of phenolic OH excluding ortho intramolecular Hbond substituents is 1. The number of aromatic hydroxyl groups is 1. The van der Waals surface area contributed by atoms with E-state index < -0.39 is 12.0 Å². The minimum atomic E-state index is -1.02. The molecule has 2 atom stereocenters. The summed E-state index contributed by atoms with van der Waals surface area (Å²) >= 11 is 3.33. The molecule has 2 N–H and O–H groups in total. The molecule has 108 valence electrons. The molecule has 0 radical (unpaired) electrons. The molecule has 1 aromatic rings. The van der Waals surface area contributed by atoms with Gasteiger partial charge < -0.3 is 15.1 Å². The Morgan fingerprint density at radius 2 is 2.25 bits per heavy atom. The SMILES string of the molecule is O=C(O)[C@H](Cc1cccc(O)c1)N1CC(CBr)CC1=O. The minimum absolute atomic E-state index is 0.0951. The predicted molar refractivity (Wildman–Crippen MR) is 76.8 cm³/mol. The smallest absolute Gasteiger partial charge is 0.326 e. The van der Waals surface area contributed by atoms with Gasteiger partial charge in [0.05, 0.1) is 0 Å². The Morgan fingerprint density at radius 3 is 2.80 bits per heavy atom. The number of carboxylic acid groups (broad SMARTS) is 1. The molecule has 1 aliphatic rings. The van der Waals surface area contributed by atoms with Crippen molar-refractivity contribution < 1.29 is 19.8 Å². The number of carboxylic acids is 1. The quantitative estimate of drug-likeness (QED) is 0.798. The molecular formula is C14H16BrNO4. The van der Waals surface area contributed by atoms with Gasteiger partial charge in [-0.3, -0.25) is 4.79 Å². The van der Waals surface area contributed by atoms with Gasteiger partial charge in [0, 0.05) is 24.7 Å². The van der Waals surface area contributed by atoms with Crippen molar-refractivity contribution in [2.75, 3.05) is 11.9 Å². The van der Waals surface area contributed by atoms with Crippen molar-refractivity contribution >= 4 is 27.8 Å². The summed E-state index contributed by atoms with van der Waals surface area (Å²) in [5, 5.41) is 19.5. The van der Waals surface area contributed by atoms with Gasteiger partial charge in [-0.1, -0.05) is 28.1 Å². The van der Waals surface area contributed by atoms with Gasteiger partial charge in [0.2, 0.25) is 5.91 Å². The summed E-state index contributed by atoms with van der Waals surface area (Å²) in [6.07, 6.45) is 0.583. The first-order valence-electron chi connectivity index (χ1n) is 6.37. The molecule has 1 aliphatic heterocycles. The Balaban J connectivity index is 2.16. The van der Waals surface area contributed by atoms with E-state index in [1.54, 1.807) is 12.1 Å². The molecule has 0 aromatic heterocycles. The molecule has 0 aliphatic carbocycles. The highest BCUT2D eigenvalue weighted by molar-refractivity contribution is 9.09. The number of likely N-dealkylation sites (tertiary alicyclic amines) is 1. The molecule has 0 bridgehead atoms. The van der Waals surface area contributed by atoms with Crippen LogP contribution in [0.5, 0.6) is 5.75 Å². The van der Waals surface area contributed by atoms with Crippen molar-refractivity contribution in [2.24, 2.45) is 5.92 Å². The van der Waals surface area contributed by atoms with Gasteiger partial charge in [-0.2, -0.15) is 0 Å². The van der Waals surface area contributed by atoms with Crippen LogP contribution in [0.2, 0.25) is 0 Å². The summed E-state index contributed by atoms with van der Waals surface area (Å²) in [6, 6.07) is 5.59. The van der Waals surface area contributed by atoms with Gasteiger partial charge in [-0.05, 0) is 23.6 Å². The molecule has 5 nitrogen and oxygen atoms in total. The summed E-state index contributed by atoms with van der Waals surface area (Å²) in [4.78, 5) is 24.8. The van der Waals surface area contributed by atoms with Gasteiger partial charge in [0.25, 0.3) is 0 Å². The lowest BCUT2D eigenvalue weighted by Crippen LogP contribution is -2.43. The number of carbonyl (C=O) groups excluding carboxylic acids is 1. The van der Waals surface area contributed by atoms with E-state index in [2.05, 4.69) is 15.9 Å². The maximum atomic E-state index is 11.9. The maximum Gasteiger partial charge on any atom is 0.326 e. The Hall–Kier alpha value is -1.56. The second kappa shape index (κ2) is 6.26. The highest BCUT2D eigenvalue weighted by atomic mass is 79.9. The number of amides is 1. The van der Waals surface area contributed by atoms with Crippen LogP contribution < -0.4 is 0 Å². The Labute approximate surface area is 125 Å². The Kier molecular flexibility index (Phi) is 4.65. The average Bonchev–Trinajstić information content (AvgIpc) is 2.77. The monoisotopic (exact) mass is 341 g/mol. The van der Waals surface area contributed by atoms with Crippen LogP contribution >= 0.6 is 15.9 Å². The predicted octanol–water partition coefficient (Wildman–Crippen LogP) is 1.63. The van der Waals surface area contributed by atoms with Crippen molar-refractivity contribution in [1.29, 1.82) is 0 Å². The second-order valence-corrected chi connectivity index (χ2v) is 5.65. The number of alkyl halides is 1. The van der Waals surface area contributed by atoms with Crippen molar-refractivity contribution in [3.05, 3.63) is 29.8 Å².